The number of aromatic amines is 1. The Labute approximate surface area is 85.9 Å². The number of hydrogen-bond acceptors (Lipinski definition) is 3. The minimum absolute atomic E-state index is 0.000832. The van der Waals surface area contributed by atoms with Gasteiger partial charge in [0.05, 0.1) is 23.8 Å². The molecular formula is C11H10N2O2. The Hall–Kier alpha value is -1.94. The van der Waals surface area contributed by atoms with Gasteiger partial charge in [-0.3, -0.25) is 4.79 Å². The number of nitrogens with one attached hydrogen (secondary N) is 1. The van der Waals surface area contributed by atoms with Gasteiger partial charge in [0, 0.05) is 0 Å². The van der Waals surface area contributed by atoms with E-state index in [1.165, 1.54) is 6.33 Å². The van der Waals surface area contributed by atoms with Crippen LogP contribution in [0.25, 0.3) is 17.0 Å². The second-order valence-corrected chi connectivity index (χ2v) is 3.09. The van der Waals surface area contributed by atoms with Gasteiger partial charge in [0.2, 0.25) is 0 Å². The normalized spacial score (nSPS) is 11.3. The minimum atomic E-state index is -0.141. The van der Waals surface area contributed by atoms with Gasteiger partial charge >= 0.3 is 0 Å². The van der Waals surface area contributed by atoms with Crippen molar-refractivity contribution in [2.45, 2.75) is 0 Å². The molecular weight excluding hydrogens is 192 g/mol. The molecule has 2 aromatic rings. The fourth-order valence-corrected chi connectivity index (χ4v) is 1.38. The van der Waals surface area contributed by atoms with Gasteiger partial charge in [0.25, 0.3) is 5.56 Å². The number of H-pyrrole nitrogens is 1. The molecule has 0 fully saturated rings. The molecule has 1 heterocycles. The third kappa shape index (κ3) is 1.94. The molecule has 0 aliphatic heterocycles. The van der Waals surface area contributed by atoms with E-state index in [1.807, 2.05) is 6.07 Å². The van der Waals surface area contributed by atoms with E-state index < -0.39 is 0 Å². The monoisotopic (exact) mass is 202 g/mol. The Morgan fingerprint density at radius 2 is 2.33 bits per heavy atom. The predicted molar refractivity (Wildman–Crippen MR) is 58.5 cm³/mol. The summed E-state index contributed by atoms with van der Waals surface area (Å²) >= 11 is 0. The van der Waals surface area contributed by atoms with Gasteiger partial charge < -0.3 is 10.1 Å². The van der Waals surface area contributed by atoms with Gasteiger partial charge in [-0.1, -0.05) is 18.2 Å². The molecule has 0 aliphatic carbocycles. The Morgan fingerprint density at radius 3 is 3.13 bits per heavy atom. The van der Waals surface area contributed by atoms with E-state index in [-0.39, 0.29) is 12.2 Å². The number of aromatic nitrogens is 2. The van der Waals surface area contributed by atoms with E-state index in [4.69, 9.17) is 5.11 Å². The van der Waals surface area contributed by atoms with Crippen molar-refractivity contribution in [2.75, 3.05) is 6.61 Å². The third-order valence-corrected chi connectivity index (χ3v) is 2.08. The van der Waals surface area contributed by atoms with Crippen molar-refractivity contribution in [3.8, 4) is 0 Å². The Kier molecular flexibility index (Phi) is 2.60. The summed E-state index contributed by atoms with van der Waals surface area (Å²) < 4.78 is 0. The van der Waals surface area contributed by atoms with Crippen molar-refractivity contribution < 1.29 is 5.11 Å². The number of aliphatic hydroxyl groups is 1. The summed E-state index contributed by atoms with van der Waals surface area (Å²) in [5.41, 5.74) is 1.42. The zero-order chi connectivity index (χ0) is 10.7. The SMILES string of the molecule is O=c1[nH]cnc2cc(C=CCO)ccc12. The highest BCUT2D eigenvalue weighted by molar-refractivity contribution is 5.79. The molecule has 0 radical (unpaired) electrons. The first-order chi connectivity index (χ1) is 7.31. The molecule has 0 aliphatic rings. The summed E-state index contributed by atoms with van der Waals surface area (Å²) in [5.74, 6) is 0. The smallest absolute Gasteiger partial charge is 0.258 e. The fourth-order valence-electron chi connectivity index (χ4n) is 1.38. The first-order valence-electron chi connectivity index (χ1n) is 4.56. The molecule has 0 atom stereocenters. The molecule has 1 aromatic carbocycles. The summed E-state index contributed by atoms with van der Waals surface area (Å²) in [6.45, 7) is 0.000832. The quantitative estimate of drug-likeness (QED) is 0.761. The molecule has 0 bridgehead atoms. The fraction of sp³-hybridized carbons (Fsp3) is 0.0909. The third-order valence-electron chi connectivity index (χ3n) is 2.08. The van der Waals surface area contributed by atoms with E-state index in [0.717, 1.165) is 5.56 Å². The minimum Gasteiger partial charge on any atom is -0.392 e. The lowest BCUT2D eigenvalue weighted by molar-refractivity contribution is 0.343. The lowest BCUT2D eigenvalue weighted by Crippen LogP contribution is -2.05. The van der Waals surface area contributed by atoms with Crippen molar-refractivity contribution >= 4 is 17.0 Å². The van der Waals surface area contributed by atoms with E-state index in [9.17, 15) is 4.79 Å². The Morgan fingerprint density at radius 1 is 1.47 bits per heavy atom. The lowest BCUT2D eigenvalue weighted by Gasteiger charge is -1.97. The zero-order valence-electron chi connectivity index (χ0n) is 7.97. The van der Waals surface area contributed by atoms with Crippen LogP contribution in [0.1, 0.15) is 5.56 Å². The van der Waals surface area contributed by atoms with Crippen LogP contribution in [0, 0.1) is 0 Å². The van der Waals surface area contributed by atoms with Gasteiger partial charge in [0.1, 0.15) is 0 Å². The second-order valence-electron chi connectivity index (χ2n) is 3.09. The summed E-state index contributed by atoms with van der Waals surface area (Å²) in [7, 11) is 0. The second kappa shape index (κ2) is 4.06. The van der Waals surface area contributed by atoms with Crippen LogP contribution in [-0.2, 0) is 0 Å². The number of hydrogen-bond donors (Lipinski definition) is 2. The van der Waals surface area contributed by atoms with Crippen LogP contribution >= 0.6 is 0 Å². The summed E-state index contributed by atoms with van der Waals surface area (Å²) in [6.07, 6.45) is 4.79. The maximum Gasteiger partial charge on any atom is 0.258 e. The lowest BCUT2D eigenvalue weighted by atomic mass is 10.1. The van der Waals surface area contributed by atoms with Crippen LogP contribution in [0.3, 0.4) is 0 Å². The van der Waals surface area contributed by atoms with E-state index in [2.05, 4.69) is 9.97 Å². The summed E-state index contributed by atoms with van der Waals surface area (Å²) in [5, 5.41) is 9.20. The van der Waals surface area contributed by atoms with Crippen molar-refractivity contribution in [3.63, 3.8) is 0 Å². The highest BCUT2D eigenvalue weighted by atomic mass is 16.2. The Bertz CT molecular complexity index is 558. The molecule has 0 spiro atoms. The topological polar surface area (TPSA) is 66.0 Å². The van der Waals surface area contributed by atoms with Crippen molar-refractivity contribution in [1.29, 1.82) is 0 Å². The van der Waals surface area contributed by atoms with Gasteiger partial charge in [-0.05, 0) is 17.7 Å². The average Bonchev–Trinajstić information content (AvgIpc) is 2.26. The van der Waals surface area contributed by atoms with Crippen LogP contribution in [0.15, 0.2) is 35.4 Å². The number of nitrogens with zero attached hydrogens (tertiary/aromatic N) is 1. The highest BCUT2D eigenvalue weighted by Crippen LogP contribution is 2.10. The largest absolute Gasteiger partial charge is 0.392 e. The van der Waals surface area contributed by atoms with Gasteiger partial charge in [-0.15, -0.1) is 0 Å². The summed E-state index contributed by atoms with van der Waals surface area (Å²) in [6, 6.07) is 5.33. The maximum absolute atomic E-state index is 11.4. The van der Waals surface area contributed by atoms with Crippen molar-refractivity contribution in [1.82, 2.24) is 9.97 Å². The molecule has 4 heteroatoms. The number of rotatable bonds is 2. The predicted octanol–water partition coefficient (Wildman–Crippen LogP) is 0.929. The number of aliphatic hydroxyl groups excluding tert-OH is 1. The molecule has 0 saturated heterocycles. The molecule has 1 aromatic heterocycles. The van der Waals surface area contributed by atoms with E-state index >= 15 is 0 Å². The Balaban J connectivity index is 2.57. The zero-order valence-corrected chi connectivity index (χ0v) is 7.97. The van der Waals surface area contributed by atoms with Crippen LogP contribution in [-0.4, -0.2) is 21.7 Å². The summed E-state index contributed by atoms with van der Waals surface area (Å²) in [4.78, 5) is 17.9. The molecule has 2 N–H and O–H groups in total. The van der Waals surface area contributed by atoms with Crippen molar-refractivity contribution in [3.05, 3.63) is 46.5 Å². The highest BCUT2D eigenvalue weighted by Gasteiger charge is 1.98. The molecule has 0 saturated carbocycles. The van der Waals surface area contributed by atoms with Crippen LogP contribution in [0.5, 0.6) is 0 Å². The standard InChI is InChI=1S/C11H10N2O2/c14-5-1-2-8-3-4-9-10(6-8)12-7-13-11(9)15/h1-4,6-7,14H,5H2,(H,12,13,15). The molecule has 4 nitrogen and oxygen atoms in total. The van der Waals surface area contributed by atoms with Crippen molar-refractivity contribution in [2.24, 2.45) is 0 Å². The molecule has 0 amide bonds. The van der Waals surface area contributed by atoms with Crippen LogP contribution in [0.4, 0.5) is 0 Å². The molecule has 15 heavy (non-hydrogen) atoms. The van der Waals surface area contributed by atoms with Crippen LogP contribution < -0.4 is 5.56 Å². The first kappa shape index (κ1) is 9.61. The van der Waals surface area contributed by atoms with Gasteiger partial charge in [-0.25, -0.2) is 4.98 Å². The maximum atomic E-state index is 11.4. The van der Waals surface area contributed by atoms with E-state index in [0.29, 0.717) is 10.9 Å². The molecule has 0 unspecified atom stereocenters. The first-order valence-corrected chi connectivity index (χ1v) is 4.56. The number of benzene rings is 1. The van der Waals surface area contributed by atoms with Crippen LogP contribution in [0.2, 0.25) is 0 Å². The molecule has 76 valence electrons. The number of fused-ring (bicyclic) bond motifs is 1. The average molecular weight is 202 g/mol. The van der Waals surface area contributed by atoms with Gasteiger partial charge in [-0.2, -0.15) is 0 Å². The van der Waals surface area contributed by atoms with E-state index in [1.54, 1.807) is 24.3 Å². The molecule has 2 rings (SSSR count). The van der Waals surface area contributed by atoms with Gasteiger partial charge in [0.15, 0.2) is 0 Å².